The number of aromatic nitrogens is 3. The van der Waals surface area contributed by atoms with E-state index in [1.165, 1.54) is 23.9 Å². The lowest BCUT2D eigenvalue weighted by Gasteiger charge is -2.21. The molecule has 1 aromatic carbocycles. The van der Waals surface area contributed by atoms with Crippen LogP contribution in [0.25, 0.3) is 0 Å². The minimum absolute atomic E-state index is 0.00267. The van der Waals surface area contributed by atoms with Crippen molar-refractivity contribution in [2.45, 2.75) is 43.9 Å². The molecule has 1 saturated carbocycles. The molecule has 138 valence electrons. The fourth-order valence-electron chi connectivity index (χ4n) is 2.80. The molecule has 0 unspecified atom stereocenters. The first kappa shape index (κ1) is 18.6. The minimum Gasteiger partial charge on any atom is -0.338 e. The third-order valence-electron chi connectivity index (χ3n) is 4.32. The summed E-state index contributed by atoms with van der Waals surface area (Å²) in [6, 6.07) is 6.36. The number of hydrogen-bond donors (Lipinski definition) is 0. The highest BCUT2D eigenvalue weighted by Crippen LogP contribution is 2.40. The number of thioether (sulfide) groups is 1. The first-order chi connectivity index (χ1) is 12.6. The molecule has 1 aromatic heterocycles. The fraction of sp³-hybridized carbons (Fsp3) is 0.421. The van der Waals surface area contributed by atoms with Crippen LogP contribution >= 0.6 is 11.8 Å². The monoisotopic (exact) mass is 374 g/mol. The molecule has 0 atom stereocenters. The first-order valence-corrected chi connectivity index (χ1v) is 9.80. The van der Waals surface area contributed by atoms with E-state index in [-0.39, 0.29) is 17.5 Å². The maximum atomic E-state index is 13.3. The lowest BCUT2D eigenvalue weighted by Crippen LogP contribution is -2.31. The Hall–Kier alpha value is -2.15. The van der Waals surface area contributed by atoms with Crippen LogP contribution in [0.4, 0.5) is 4.39 Å². The Balaban J connectivity index is 1.62. The van der Waals surface area contributed by atoms with Crippen molar-refractivity contribution >= 4 is 17.7 Å². The lowest BCUT2D eigenvalue weighted by atomic mass is 10.2. The smallest absolute Gasteiger partial charge is 0.233 e. The van der Waals surface area contributed by atoms with Gasteiger partial charge in [-0.3, -0.25) is 4.79 Å². The maximum absolute atomic E-state index is 13.3. The second-order valence-corrected chi connectivity index (χ2v) is 7.28. The molecule has 1 heterocycles. The SMILES string of the molecule is C=CCn1c(SCC(=O)N(CC)Cc2cccc(F)c2)nnc1C1CC1. The summed E-state index contributed by atoms with van der Waals surface area (Å²) >= 11 is 1.39. The Bertz CT molecular complexity index is 788. The summed E-state index contributed by atoms with van der Waals surface area (Å²) < 4.78 is 15.4. The number of nitrogens with zero attached hydrogens (tertiary/aromatic N) is 4. The van der Waals surface area contributed by atoms with Gasteiger partial charge >= 0.3 is 0 Å². The number of benzene rings is 1. The van der Waals surface area contributed by atoms with Crippen LogP contribution in [0, 0.1) is 5.82 Å². The topological polar surface area (TPSA) is 51.0 Å². The van der Waals surface area contributed by atoms with Gasteiger partial charge in [0.05, 0.1) is 5.75 Å². The molecule has 0 bridgehead atoms. The van der Waals surface area contributed by atoms with Crippen molar-refractivity contribution in [2.75, 3.05) is 12.3 Å². The average molecular weight is 374 g/mol. The normalized spacial score (nSPS) is 13.6. The van der Waals surface area contributed by atoms with Crippen LogP contribution < -0.4 is 0 Å². The van der Waals surface area contributed by atoms with Gasteiger partial charge in [-0.05, 0) is 37.5 Å². The highest BCUT2D eigenvalue weighted by molar-refractivity contribution is 7.99. The number of carbonyl (C=O) groups is 1. The predicted molar refractivity (Wildman–Crippen MR) is 100 cm³/mol. The summed E-state index contributed by atoms with van der Waals surface area (Å²) in [6.45, 7) is 7.34. The fourth-order valence-corrected chi connectivity index (χ4v) is 3.66. The van der Waals surface area contributed by atoms with Crippen LogP contribution in [0.3, 0.4) is 0 Å². The summed E-state index contributed by atoms with van der Waals surface area (Å²) in [6.07, 6.45) is 4.12. The minimum atomic E-state index is -0.287. The van der Waals surface area contributed by atoms with E-state index in [2.05, 4.69) is 16.8 Å². The molecule has 26 heavy (non-hydrogen) atoms. The molecule has 0 saturated heterocycles. The van der Waals surface area contributed by atoms with Crippen molar-refractivity contribution in [3.63, 3.8) is 0 Å². The molecule has 1 aliphatic rings. The van der Waals surface area contributed by atoms with E-state index in [1.54, 1.807) is 11.0 Å². The molecule has 2 aromatic rings. The summed E-state index contributed by atoms with van der Waals surface area (Å²) in [5.41, 5.74) is 0.788. The number of amides is 1. The Kier molecular flexibility index (Phi) is 6.08. The molecular weight excluding hydrogens is 351 g/mol. The summed E-state index contributed by atoms with van der Waals surface area (Å²) in [5, 5.41) is 9.30. The largest absolute Gasteiger partial charge is 0.338 e. The van der Waals surface area contributed by atoms with E-state index in [0.717, 1.165) is 29.4 Å². The number of rotatable bonds is 9. The number of carbonyl (C=O) groups excluding carboxylic acids is 1. The first-order valence-electron chi connectivity index (χ1n) is 8.81. The van der Waals surface area contributed by atoms with E-state index in [4.69, 9.17) is 0 Å². The summed E-state index contributed by atoms with van der Waals surface area (Å²) in [7, 11) is 0. The molecule has 5 nitrogen and oxygen atoms in total. The van der Waals surface area contributed by atoms with E-state index >= 15 is 0 Å². The number of halogens is 1. The van der Waals surface area contributed by atoms with Gasteiger partial charge in [0.1, 0.15) is 11.6 Å². The summed E-state index contributed by atoms with van der Waals surface area (Å²) in [4.78, 5) is 14.3. The van der Waals surface area contributed by atoms with Crippen LogP contribution in [0.1, 0.15) is 37.1 Å². The van der Waals surface area contributed by atoms with E-state index in [0.29, 0.717) is 25.6 Å². The van der Waals surface area contributed by atoms with Gasteiger partial charge in [-0.1, -0.05) is 30.0 Å². The van der Waals surface area contributed by atoms with E-state index < -0.39 is 0 Å². The second-order valence-electron chi connectivity index (χ2n) is 6.34. The Morgan fingerprint density at radius 3 is 2.92 bits per heavy atom. The zero-order chi connectivity index (χ0) is 18.5. The van der Waals surface area contributed by atoms with Crippen LogP contribution in [-0.4, -0.2) is 37.9 Å². The highest BCUT2D eigenvalue weighted by atomic mass is 32.2. The van der Waals surface area contributed by atoms with Crippen molar-refractivity contribution in [1.82, 2.24) is 19.7 Å². The maximum Gasteiger partial charge on any atom is 0.233 e. The molecule has 0 N–H and O–H groups in total. The second kappa shape index (κ2) is 8.49. The highest BCUT2D eigenvalue weighted by Gasteiger charge is 2.30. The van der Waals surface area contributed by atoms with Gasteiger partial charge in [0.2, 0.25) is 5.91 Å². The molecule has 1 aliphatic carbocycles. The zero-order valence-electron chi connectivity index (χ0n) is 14.9. The third kappa shape index (κ3) is 4.52. The van der Waals surface area contributed by atoms with Crippen LogP contribution in [0.15, 0.2) is 42.1 Å². The summed E-state index contributed by atoms with van der Waals surface area (Å²) in [5.74, 6) is 1.48. The third-order valence-corrected chi connectivity index (χ3v) is 5.27. The number of allylic oxidation sites excluding steroid dienone is 1. The lowest BCUT2D eigenvalue weighted by molar-refractivity contribution is -0.128. The average Bonchev–Trinajstić information content (AvgIpc) is 3.40. The van der Waals surface area contributed by atoms with Gasteiger partial charge in [0, 0.05) is 25.6 Å². The molecule has 3 rings (SSSR count). The molecule has 1 fully saturated rings. The molecule has 0 spiro atoms. The van der Waals surface area contributed by atoms with Crippen molar-refractivity contribution in [3.8, 4) is 0 Å². The Labute approximate surface area is 157 Å². The Morgan fingerprint density at radius 2 is 2.27 bits per heavy atom. The van der Waals surface area contributed by atoms with Crippen LogP contribution in [0.5, 0.6) is 0 Å². The van der Waals surface area contributed by atoms with Crippen LogP contribution in [0.2, 0.25) is 0 Å². The van der Waals surface area contributed by atoms with Crippen molar-refractivity contribution in [1.29, 1.82) is 0 Å². The van der Waals surface area contributed by atoms with Crippen LogP contribution in [-0.2, 0) is 17.9 Å². The zero-order valence-corrected chi connectivity index (χ0v) is 15.7. The van der Waals surface area contributed by atoms with Gasteiger partial charge in [0.25, 0.3) is 0 Å². The van der Waals surface area contributed by atoms with Crippen molar-refractivity contribution in [2.24, 2.45) is 0 Å². The van der Waals surface area contributed by atoms with Crippen molar-refractivity contribution < 1.29 is 9.18 Å². The molecule has 1 amide bonds. The van der Waals surface area contributed by atoms with Gasteiger partial charge < -0.3 is 9.47 Å². The van der Waals surface area contributed by atoms with E-state index in [9.17, 15) is 9.18 Å². The molecule has 7 heteroatoms. The van der Waals surface area contributed by atoms with E-state index in [1.807, 2.05) is 23.6 Å². The quantitative estimate of drug-likeness (QED) is 0.497. The predicted octanol–water partition coefficient (Wildman–Crippen LogP) is 3.62. The van der Waals surface area contributed by atoms with Gasteiger partial charge in [-0.25, -0.2) is 4.39 Å². The molecular formula is C19H23FN4OS. The molecule has 0 radical (unpaired) electrons. The van der Waals surface area contributed by atoms with Crippen molar-refractivity contribution in [3.05, 3.63) is 54.1 Å². The molecule has 0 aliphatic heterocycles. The number of hydrogen-bond acceptors (Lipinski definition) is 4. The van der Waals surface area contributed by atoms with Gasteiger partial charge in [-0.15, -0.1) is 16.8 Å². The van der Waals surface area contributed by atoms with Gasteiger partial charge in [0.15, 0.2) is 5.16 Å². The standard InChI is InChI=1S/C19H23FN4OS/c1-3-10-24-18(15-8-9-15)21-22-19(24)26-13-17(25)23(4-2)12-14-6-5-7-16(20)11-14/h3,5-7,11,15H,1,4,8-10,12-13H2,2H3. The van der Waals surface area contributed by atoms with Gasteiger partial charge in [-0.2, -0.15) is 0 Å². The Morgan fingerprint density at radius 1 is 1.46 bits per heavy atom.